The largest absolute Gasteiger partial charge is 0.455 e. The number of pyridine rings is 1. The topological polar surface area (TPSA) is 172 Å². The van der Waals surface area contributed by atoms with Gasteiger partial charge in [-0.2, -0.15) is 0 Å². The van der Waals surface area contributed by atoms with Crippen molar-refractivity contribution in [3.8, 4) is 11.5 Å². The van der Waals surface area contributed by atoms with Crippen LogP contribution in [-0.4, -0.2) is 86.6 Å². The molecule has 0 bridgehead atoms. The van der Waals surface area contributed by atoms with Crippen molar-refractivity contribution in [1.82, 2.24) is 19.6 Å². The van der Waals surface area contributed by atoms with Gasteiger partial charge in [-0.3, -0.25) is 19.8 Å². The molecule has 5 aromatic rings. The molecule has 8 rings (SSSR count). The zero-order chi connectivity index (χ0) is 43.6. The highest BCUT2D eigenvalue weighted by Gasteiger charge is 2.31. The molecule has 0 saturated carbocycles. The normalized spacial score (nSPS) is 17.9. The summed E-state index contributed by atoms with van der Waals surface area (Å²) in [4.78, 5) is 36.9. The van der Waals surface area contributed by atoms with Crippen LogP contribution in [-0.2, 0) is 14.8 Å². The number of anilines is 2. The molecule has 14 nitrogen and oxygen atoms in total. The molecule has 2 fully saturated rings. The van der Waals surface area contributed by atoms with Crippen LogP contribution in [0.15, 0.2) is 95.6 Å². The number of sulfonamides is 1. The molecule has 2 saturated heterocycles. The molecule has 320 valence electrons. The lowest BCUT2D eigenvalue weighted by Gasteiger charge is -2.39. The Labute approximate surface area is 361 Å². The highest BCUT2D eigenvalue weighted by molar-refractivity contribution is 7.90. The number of hydrogen-bond acceptors (Lipinski definition) is 11. The summed E-state index contributed by atoms with van der Waals surface area (Å²) in [6, 6.07) is 18.0. The van der Waals surface area contributed by atoms with Crippen molar-refractivity contribution in [2.24, 2.45) is 11.3 Å². The molecule has 1 amide bonds. The number of amides is 1. The van der Waals surface area contributed by atoms with E-state index in [1.807, 2.05) is 18.2 Å². The van der Waals surface area contributed by atoms with Gasteiger partial charge in [0.2, 0.25) is 0 Å². The number of halogens is 1. The molecular formula is C45H50ClN7O7S. The first-order valence-electron chi connectivity index (χ1n) is 21.1. The van der Waals surface area contributed by atoms with Gasteiger partial charge in [-0.05, 0) is 103 Å². The maximum absolute atomic E-state index is 14.0. The van der Waals surface area contributed by atoms with Gasteiger partial charge in [-0.1, -0.05) is 43.2 Å². The summed E-state index contributed by atoms with van der Waals surface area (Å²) >= 11 is 6.24. The number of rotatable bonds is 13. The van der Waals surface area contributed by atoms with Crippen molar-refractivity contribution in [3.63, 3.8) is 0 Å². The fraction of sp³-hybridized carbons (Fsp3) is 0.378. The van der Waals surface area contributed by atoms with E-state index in [-0.39, 0.29) is 34.4 Å². The summed E-state index contributed by atoms with van der Waals surface area (Å²) in [5, 5.41) is 16.6. The molecule has 2 aromatic heterocycles. The number of piperazine rings is 1. The van der Waals surface area contributed by atoms with E-state index in [0.717, 1.165) is 63.2 Å². The van der Waals surface area contributed by atoms with E-state index >= 15 is 0 Å². The number of nitro groups is 1. The van der Waals surface area contributed by atoms with E-state index < -0.39 is 31.4 Å². The Morgan fingerprint density at radius 3 is 2.61 bits per heavy atom. The van der Waals surface area contributed by atoms with Crippen LogP contribution in [0.3, 0.4) is 0 Å². The Morgan fingerprint density at radius 1 is 1.08 bits per heavy atom. The van der Waals surface area contributed by atoms with Gasteiger partial charge in [0.25, 0.3) is 21.6 Å². The second kappa shape index (κ2) is 17.9. The summed E-state index contributed by atoms with van der Waals surface area (Å²) in [5.41, 5.74) is 4.90. The number of nitrogens with one attached hydrogen (secondary N) is 3. The fourth-order valence-corrected chi connectivity index (χ4v) is 9.42. The highest BCUT2D eigenvalue weighted by atomic mass is 35.5. The number of ether oxygens (including phenoxy) is 2. The van der Waals surface area contributed by atoms with Crippen molar-refractivity contribution < 1.29 is 29.0 Å². The second-order valence-electron chi connectivity index (χ2n) is 16.8. The quantitative estimate of drug-likeness (QED) is 0.0764. The number of benzene rings is 3. The van der Waals surface area contributed by atoms with Crippen molar-refractivity contribution in [2.45, 2.75) is 50.8 Å². The third kappa shape index (κ3) is 10.0. The van der Waals surface area contributed by atoms with Gasteiger partial charge in [0, 0.05) is 86.9 Å². The van der Waals surface area contributed by atoms with Crippen molar-refractivity contribution >= 4 is 61.2 Å². The molecule has 0 spiro atoms. The summed E-state index contributed by atoms with van der Waals surface area (Å²) < 4.78 is 50.2. The molecule has 3 aliphatic rings. The first-order valence-corrected chi connectivity index (χ1v) is 22.4. The molecule has 2 aliphatic heterocycles. The first kappa shape index (κ1) is 40.9. The van der Waals surface area contributed by atoms with Crippen LogP contribution < -0.4 is 19.7 Å². The second-order valence-corrected chi connectivity index (χ2v) is 18.9. The SMILES string of the molecule is [2H]c1cc(C(=O)NS(=O)(=O)c2ccc(NCC3CCOCC3)c([N+](=O)[O-])c2)c(Oc2cnc3[nH]ccc3c2)cc1N1CCN(CC2=C(c3ccc(Cl)cc3)CC(C)(C)CC2)CC1. The smallest absolute Gasteiger partial charge is 0.293 e. The molecular weight excluding hydrogens is 818 g/mol. The monoisotopic (exact) mass is 868 g/mol. The van der Waals surface area contributed by atoms with Crippen LogP contribution in [0.1, 0.15) is 63.2 Å². The van der Waals surface area contributed by atoms with E-state index in [9.17, 15) is 23.3 Å². The van der Waals surface area contributed by atoms with Gasteiger partial charge >= 0.3 is 0 Å². The van der Waals surface area contributed by atoms with E-state index in [1.165, 1.54) is 41.1 Å². The number of aromatic amines is 1. The third-order valence-corrected chi connectivity index (χ3v) is 13.5. The Balaban J connectivity index is 1.02. The van der Waals surface area contributed by atoms with Gasteiger partial charge < -0.3 is 24.7 Å². The van der Waals surface area contributed by atoms with Crippen LogP contribution in [0.4, 0.5) is 17.1 Å². The number of fused-ring (bicyclic) bond motifs is 1. The molecule has 3 N–H and O–H groups in total. The standard InChI is InChI=1S/C45H50ClN7O7S/c1-45(2)15-11-33(39(26-45)31-3-5-34(46)6-4-31)29-51-17-19-52(20-18-51)35-7-9-38(42(24-35)60-36-23-32-12-16-47-43(32)49-28-36)44(54)50-61(57,58)37-8-10-40(41(25-37)53(55)56)48-27-30-13-21-59-22-14-30/h3-10,12,16,23-25,28,30,48H,11,13-15,17-22,26-27,29H2,1-2H3,(H,47,49)(H,50,54)/i7D. The van der Waals surface area contributed by atoms with Gasteiger partial charge in [0.05, 0.1) is 22.9 Å². The lowest BCUT2D eigenvalue weighted by Crippen LogP contribution is -2.47. The van der Waals surface area contributed by atoms with Gasteiger partial charge in [-0.25, -0.2) is 18.1 Å². The molecule has 4 heterocycles. The average molecular weight is 869 g/mol. The summed E-state index contributed by atoms with van der Waals surface area (Å²) in [5.74, 6) is -0.496. The molecule has 0 unspecified atom stereocenters. The zero-order valence-electron chi connectivity index (χ0n) is 35.2. The van der Waals surface area contributed by atoms with Crippen molar-refractivity contribution in [1.29, 1.82) is 0 Å². The zero-order valence-corrected chi connectivity index (χ0v) is 35.8. The summed E-state index contributed by atoms with van der Waals surface area (Å²) in [7, 11) is -4.63. The molecule has 61 heavy (non-hydrogen) atoms. The predicted octanol–water partition coefficient (Wildman–Crippen LogP) is 8.66. The van der Waals surface area contributed by atoms with Crippen LogP contribution in [0.2, 0.25) is 5.02 Å². The number of nitrogens with zero attached hydrogens (tertiary/aromatic N) is 4. The minimum Gasteiger partial charge on any atom is -0.455 e. The minimum atomic E-state index is -4.63. The Bertz CT molecular complexity index is 2620. The lowest BCUT2D eigenvalue weighted by molar-refractivity contribution is -0.384. The van der Waals surface area contributed by atoms with Crippen molar-refractivity contribution in [3.05, 3.63) is 117 Å². The summed E-state index contributed by atoms with van der Waals surface area (Å²) in [6.45, 7) is 9.86. The number of allylic oxidation sites excluding steroid dienone is 1. The maximum atomic E-state index is 14.0. The minimum absolute atomic E-state index is 0.00500. The lowest BCUT2D eigenvalue weighted by atomic mass is 9.72. The van der Waals surface area contributed by atoms with Gasteiger partial charge in [0.15, 0.2) is 0 Å². The fourth-order valence-electron chi connectivity index (χ4n) is 8.31. The molecule has 1 aliphatic carbocycles. The van der Waals surface area contributed by atoms with Crippen LogP contribution >= 0.6 is 11.6 Å². The Kier molecular flexibility index (Phi) is 12.0. The van der Waals surface area contributed by atoms with Gasteiger partial charge in [0.1, 0.15) is 22.8 Å². The number of carbonyl (C=O) groups is 1. The van der Waals surface area contributed by atoms with Gasteiger partial charge in [-0.15, -0.1) is 0 Å². The molecule has 0 atom stereocenters. The number of nitro benzene ring substituents is 1. The number of carbonyl (C=O) groups excluding carboxylic acids is 1. The van der Waals surface area contributed by atoms with E-state index in [2.05, 4.69) is 55.8 Å². The Hall–Kier alpha value is -5.48. The first-order chi connectivity index (χ1) is 29.7. The summed E-state index contributed by atoms with van der Waals surface area (Å²) in [6.07, 6.45) is 7.96. The number of hydrogen-bond donors (Lipinski definition) is 3. The van der Waals surface area contributed by atoms with Crippen LogP contribution in [0.25, 0.3) is 16.6 Å². The Morgan fingerprint density at radius 2 is 1.85 bits per heavy atom. The maximum Gasteiger partial charge on any atom is 0.293 e. The van der Waals surface area contributed by atoms with E-state index in [1.54, 1.807) is 18.3 Å². The average Bonchev–Trinajstić information content (AvgIpc) is 3.73. The van der Waals surface area contributed by atoms with Crippen LogP contribution in [0.5, 0.6) is 11.5 Å². The molecule has 3 aromatic carbocycles. The predicted molar refractivity (Wildman–Crippen MR) is 237 cm³/mol. The molecule has 0 radical (unpaired) electrons. The number of H-pyrrole nitrogens is 1. The molecule has 16 heteroatoms. The number of aromatic nitrogens is 2. The highest BCUT2D eigenvalue weighted by Crippen LogP contribution is 2.43. The third-order valence-electron chi connectivity index (χ3n) is 11.9. The van der Waals surface area contributed by atoms with E-state index in [0.29, 0.717) is 55.0 Å². The van der Waals surface area contributed by atoms with Crippen LogP contribution in [0, 0.1) is 21.4 Å². The van der Waals surface area contributed by atoms with E-state index in [4.69, 9.17) is 22.4 Å². The van der Waals surface area contributed by atoms with Crippen molar-refractivity contribution in [2.75, 3.05) is 62.7 Å².